The molecule has 0 radical (unpaired) electrons. The zero-order valence-electron chi connectivity index (χ0n) is 16.9. The van der Waals surface area contributed by atoms with Gasteiger partial charge in [0, 0.05) is 18.4 Å². The molecule has 0 spiro atoms. The third kappa shape index (κ3) is 4.80. The van der Waals surface area contributed by atoms with Gasteiger partial charge in [0.25, 0.3) is 0 Å². The molecule has 2 aromatic rings. The molecule has 0 aromatic heterocycles. The highest BCUT2D eigenvalue weighted by molar-refractivity contribution is 5.19. The Morgan fingerprint density at radius 3 is 2.00 bits per heavy atom. The van der Waals surface area contributed by atoms with E-state index in [0.29, 0.717) is 0 Å². The summed E-state index contributed by atoms with van der Waals surface area (Å²) in [6.07, 6.45) is 8.42. The number of likely N-dealkylation sites (tertiary alicyclic amines) is 1. The van der Waals surface area contributed by atoms with Gasteiger partial charge in [-0.1, -0.05) is 60.7 Å². The minimum Gasteiger partial charge on any atom is -0.332 e. The highest BCUT2D eigenvalue weighted by atomic mass is 15.2. The Morgan fingerprint density at radius 1 is 0.778 bits per heavy atom. The van der Waals surface area contributed by atoms with Crippen LogP contribution in [-0.2, 0) is 6.54 Å². The molecule has 27 heavy (non-hydrogen) atoms. The summed E-state index contributed by atoms with van der Waals surface area (Å²) in [5.41, 5.74) is 3.04. The van der Waals surface area contributed by atoms with Gasteiger partial charge in [0.05, 0.1) is 32.2 Å². The summed E-state index contributed by atoms with van der Waals surface area (Å²) in [5, 5.41) is 0. The Bertz CT molecular complexity index is 668. The van der Waals surface area contributed by atoms with E-state index < -0.39 is 0 Å². The quantitative estimate of drug-likeness (QED) is 0.807. The molecule has 2 heteroatoms. The number of hydrogen-bond donors (Lipinski definition) is 2. The molecule has 0 bridgehead atoms. The van der Waals surface area contributed by atoms with Gasteiger partial charge in [0.1, 0.15) is 6.54 Å². The minimum absolute atomic E-state index is 0.806. The lowest BCUT2D eigenvalue weighted by Gasteiger charge is -2.39. The van der Waals surface area contributed by atoms with Gasteiger partial charge in [-0.25, -0.2) is 0 Å². The second-order valence-corrected chi connectivity index (χ2v) is 8.90. The van der Waals surface area contributed by atoms with Crippen LogP contribution in [0.3, 0.4) is 0 Å². The smallest absolute Gasteiger partial charge is 0.103 e. The minimum atomic E-state index is 0.806. The molecule has 1 heterocycles. The molecule has 1 aliphatic heterocycles. The normalized spacial score (nSPS) is 30.0. The summed E-state index contributed by atoms with van der Waals surface area (Å²) < 4.78 is 0. The SMILES string of the molecule is C[NH+](Cc1ccccc1)C1CC[NH+](C2CCC(c3ccccc3)CC2)CC1. The highest BCUT2D eigenvalue weighted by Gasteiger charge is 2.34. The van der Waals surface area contributed by atoms with Crippen molar-refractivity contribution < 1.29 is 9.80 Å². The third-order valence-electron chi connectivity index (χ3n) is 7.23. The van der Waals surface area contributed by atoms with Crippen molar-refractivity contribution in [2.45, 2.75) is 63.1 Å². The van der Waals surface area contributed by atoms with Crippen LogP contribution in [0.2, 0.25) is 0 Å². The van der Waals surface area contributed by atoms with Crippen molar-refractivity contribution in [3.05, 3.63) is 71.8 Å². The number of quaternary nitrogens is 2. The molecule has 1 saturated heterocycles. The Labute approximate surface area is 165 Å². The lowest BCUT2D eigenvalue weighted by Crippen LogP contribution is -3.20. The van der Waals surface area contributed by atoms with E-state index >= 15 is 0 Å². The number of rotatable bonds is 5. The van der Waals surface area contributed by atoms with E-state index in [1.54, 1.807) is 10.5 Å². The molecule has 2 aliphatic rings. The van der Waals surface area contributed by atoms with E-state index in [1.165, 1.54) is 63.7 Å². The summed E-state index contributed by atoms with van der Waals surface area (Å²) in [7, 11) is 2.40. The predicted molar refractivity (Wildman–Crippen MR) is 112 cm³/mol. The Morgan fingerprint density at radius 2 is 1.37 bits per heavy atom. The summed E-state index contributed by atoms with van der Waals surface area (Å²) in [5.74, 6) is 0.806. The maximum atomic E-state index is 2.40. The van der Waals surface area contributed by atoms with Crippen molar-refractivity contribution in [1.82, 2.24) is 0 Å². The first-order valence-corrected chi connectivity index (χ1v) is 11.1. The lowest BCUT2D eigenvalue weighted by atomic mass is 9.81. The van der Waals surface area contributed by atoms with Crippen LogP contribution >= 0.6 is 0 Å². The van der Waals surface area contributed by atoms with Crippen molar-refractivity contribution in [1.29, 1.82) is 0 Å². The first kappa shape index (κ1) is 18.7. The van der Waals surface area contributed by atoms with Crippen molar-refractivity contribution in [3.63, 3.8) is 0 Å². The van der Waals surface area contributed by atoms with Crippen molar-refractivity contribution in [3.8, 4) is 0 Å². The molecule has 1 unspecified atom stereocenters. The van der Waals surface area contributed by atoms with Crippen molar-refractivity contribution >= 4 is 0 Å². The third-order valence-corrected chi connectivity index (χ3v) is 7.23. The molecule has 4 rings (SSSR count). The molecule has 2 nitrogen and oxygen atoms in total. The van der Waals surface area contributed by atoms with Crippen LogP contribution in [0.25, 0.3) is 0 Å². The first-order valence-electron chi connectivity index (χ1n) is 11.1. The largest absolute Gasteiger partial charge is 0.332 e. The first-order chi connectivity index (χ1) is 13.3. The van der Waals surface area contributed by atoms with E-state index in [0.717, 1.165) is 18.0 Å². The van der Waals surface area contributed by atoms with Gasteiger partial charge >= 0.3 is 0 Å². The van der Waals surface area contributed by atoms with E-state index in [-0.39, 0.29) is 0 Å². The fraction of sp³-hybridized carbons (Fsp3) is 0.520. The van der Waals surface area contributed by atoms with Crippen LogP contribution in [0.5, 0.6) is 0 Å². The average Bonchev–Trinajstić information content (AvgIpc) is 2.75. The van der Waals surface area contributed by atoms with Gasteiger partial charge < -0.3 is 9.80 Å². The van der Waals surface area contributed by atoms with Gasteiger partial charge in [0.15, 0.2) is 0 Å². The molecule has 1 saturated carbocycles. The number of benzene rings is 2. The van der Waals surface area contributed by atoms with Gasteiger partial charge in [-0.2, -0.15) is 0 Å². The number of hydrogen-bond acceptors (Lipinski definition) is 0. The monoisotopic (exact) mass is 364 g/mol. The fourth-order valence-corrected chi connectivity index (χ4v) is 5.51. The molecule has 1 atom stereocenters. The Kier molecular flexibility index (Phi) is 6.26. The molecule has 144 valence electrons. The fourth-order valence-electron chi connectivity index (χ4n) is 5.51. The van der Waals surface area contributed by atoms with Crippen LogP contribution in [0.4, 0.5) is 0 Å². The second kappa shape index (κ2) is 9.03. The van der Waals surface area contributed by atoms with Crippen LogP contribution in [0, 0.1) is 0 Å². The van der Waals surface area contributed by atoms with Crippen molar-refractivity contribution in [2.75, 3.05) is 20.1 Å². The Balaban J connectivity index is 1.23. The molecule has 2 fully saturated rings. The standard InChI is InChI=1S/C25H34N2/c1-26(20-21-8-4-2-5-9-21)24-16-18-27(19-17-24)25-14-12-23(13-15-25)22-10-6-3-7-11-22/h2-11,23-25H,12-20H2,1H3/p+2. The van der Waals surface area contributed by atoms with Gasteiger partial charge in [0.2, 0.25) is 0 Å². The van der Waals surface area contributed by atoms with E-state index in [4.69, 9.17) is 0 Å². The van der Waals surface area contributed by atoms with Crippen LogP contribution in [-0.4, -0.2) is 32.2 Å². The number of nitrogens with one attached hydrogen (secondary N) is 2. The zero-order chi connectivity index (χ0) is 18.5. The molecular formula is C25H36N2+2. The van der Waals surface area contributed by atoms with Gasteiger partial charge in [-0.05, 0) is 37.2 Å². The summed E-state index contributed by atoms with van der Waals surface area (Å²) >= 11 is 0. The Hall–Kier alpha value is -1.64. The molecule has 1 aliphatic carbocycles. The second-order valence-electron chi connectivity index (χ2n) is 8.90. The average molecular weight is 365 g/mol. The van der Waals surface area contributed by atoms with Crippen molar-refractivity contribution in [2.24, 2.45) is 0 Å². The van der Waals surface area contributed by atoms with Crippen LogP contribution in [0.15, 0.2) is 60.7 Å². The summed E-state index contributed by atoms with van der Waals surface area (Å²) in [4.78, 5) is 3.61. The van der Waals surface area contributed by atoms with Crippen LogP contribution < -0.4 is 9.80 Å². The van der Waals surface area contributed by atoms with Gasteiger partial charge in [-0.15, -0.1) is 0 Å². The maximum absolute atomic E-state index is 2.40. The van der Waals surface area contributed by atoms with E-state index in [1.807, 2.05) is 4.90 Å². The molecular weight excluding hydrogens is 328 g/mol. The predicted octanol–water partition coefficient (Wildman–Crippen LogP) is 2.48. The number of piperidine rings is 1. The van der Waals surface area contributed by atoms with E-state index in [9.17, 15) is 0 Å². The highest BCUT2D eigenvalue weighted by Crippen LogP contribution is 2.32. The van der Waals surface area contributed by atoms with E-state index in [2.05, 4.69) is 67.7 Å². The summed E-state index contributed by atoms with van der Waals surface area (Å²) in [6, 6.07) is 24.0. The molecule has 2 aromatic carbocycles. The zero-order valence-corrected chi connectivity index (χ0v) is 16.9. The van der Waals surface area contributed by atoms with Gasteiger partial charge in [-0.3, -0.25) is 0 Å². The maximum Gasteiger partial charge on any atom is 0.103 e. The summed E-state index contributed by atoms with van der Waals surface area (Å²) in [6.45, 7) is 3.94. The van der Waals surface area contributed by atoms with Crippen LogP contribution in [0.1, 0.15) is 55.6 Å². The topological polar surface area (TPSA) is 8.88 Å². The molecule has 0 amide bonds. The molecule has 2 N–H and O–H groups in total. The lowest BCUT2D eigenvalue weighted by molar-refractivity contribution is -0.966.